The lowest BCUT2D eigenvalue weighted by Gasteiger charge is -2.07. The van der Waals surface area contributed by atoms with Crippen LogP contribution in [0.15, 0.2) is 4.42 Å². The first-order valence-corrected chi connectivity index (χ1v) is 6.14. The number of hydrazine groups is 1. The number of nitrogens with two attached hydrogens (primary N) is 1. The van der Waals surface area contributed by atoms with Crippen LogP contribution in [0.1, 0.15) is 24.3 Å². The van der Waals surface area contributed by atoms with Gasteiger partial charge in [-0.25, -0.2) is 10.8 Å². The second-order valence-electron chi connectivity index (χ2n) is 3.95. The predicted molar refractivity (Wildman–Crippen MR) is 72.1 cm³/mol. The number of rotatable bonds is 6. The largest absolute Gasteiger partial charge is 0.464 e. The van der Waals surface area contributed by atoms with E-state index in [1.165, 1.54) is 0 Å². The van der Waals surface area contributed by atoms with Gasteiger partial charge in [-0.1, -0.05) is 0 Å². The van der Waals surface area contributed by atoms with Crippen LogP contribution in [0.25, 0.3) is 0 Å². The van der Waals surface area contributed by atoms with Crippen molar-refractivity contribution < 1.29 is 9.15 Å². The molecule has 0 aliphatic carbocycles. The Hall–Kier alpha value is -2.42. The molecule has 0 atom stereocenters. The predicted octanol–water partition coefficient (Wildman–Crippen LogP) is 0.773. The van der Waals surface area contributed by atoms with Crippen molar-refractivity contribution in [1.82, 2.24) is 19.9 Å². The van der Waals surface area contributed by atoms with Crippen LogP contribution in [0.5, 0.6) is 6.01 Å². The van der Waals surface area contributed by atoms with Crippen molar-refractivity contribution in [3.8, 4) is 6.01 Å². The summed E-state index contributed by atoms with van der Waals surface area (Å²) in [6, 6.07) is 0.192. The van der Waals surface area contributed by atoms with Gasteiger partial charge < -0.3 is 14.5 Å². The van der Waals surface area contributed by atoms with E-state index in [-0.39, 0.29) is 12.0 Å². The fourth-order valence-corrected chi connectivity index (χ4v) is 1.46. The summed E-state index contributed by atoms with van der Waals surface area (Å²) in [5.74, 6) is 7.18. The Morgan fingerprint density at radius 3 is 2.50 bits per heavy atom. The van der Waals surface area contributed by atoms with Crippen LogP contribution in [0.4, 0.5) is 11.9 Å². The lowest BCUT2D eigenvalue weighted by atomic mass is 10.4. The lowest BCUT2D eigenvalue weighted by molar-refractivity contribution is 0.312. The third-order valence-corrected chi connectivity index (χ3v) is 2.49. The normalized spacial score (nSPS) is 10.4. The van der Waals surface area contributed by atoms with Crippen molar-refractivity contribution >= 4 is 11.9 Å². The van der Waals surface area contributed by atoms with Crippen molar-refractivity contribution in [3.05, 3.63) is 17.3 Å². The van der Waals surface area contributed by atoms with Crippen LogP contribution in [-0.4, -0.2) is 26.5 Å². The highest BCUT2D eigenvalue weighted by molar-refractivity contribution is 5.34. The molecule has 0 spiro atoms. The van der Waals surface area contributed by atoms with Gasteiger partial charge in [0.1, 0.15) is 5.76 Å². The highest BCUT2D eigenvalue weighted by Gasteiger charge is 2.09. The highest BCUT2D eigenvalue weighted by atomic mass is 16.5. The van der Waals surface area contributed by atoms with E-state index in [1.807, 2.05) is 20.8 Å². The van der Waals surface area contributed by atoms with Gasteiger partial charge in [0.2, 0.25) is 17.8 Å². The summed E-state index contributed by atoms with van der Waals surface area (Å²) in [5, 5.41) is 2.98. The van der Waals surface area contributed by atoms with E-state index in [0.717, 1.165) is 11.5 Å². The van der Waals surface area contributed by atoms with Gasteiger partial charge in [-0.15, -0.1) is 0 Å². The van der Waals surface area contributed by atoms with Crippen molar-refractivity contribution in [2.45, 2.75) is 27.3 Å². The van der Waals surface area contributed by atoms with Crippen molar-refractivity contribution in [3.63, 3.8) is 0 Å². The van der Waals surface area contributed by atoms with Crippen molar-refractivity contribution in [2.75, 3.05) is 17.3 Å². The Morgan fingerprint density at radius 1 is 1.15 bits per heavy atom. The second-order valence-corrected chi connectivity index (χ2v) is 3.95. The van der Waals surface area contributed by atoms with Crippen LogP contribution >= 0.6 is 0 Å². The van der Waals surface area contributed by atoms with Crippen molar-refractivity contribution in [2.24, 2.45) is 5.84 Å². The third kappa shape index (κ3) is 3.32. The molecule has 108 valence electrons. The Bertz CT molecular complexity index is 565. The molecule has 0 fully saturated rings. The fourth-order valence-electron chi connectivity index (χ4n) is 1.46. The summed E-state index contributed by atoms with van der Waals surface area (Å²) >= 11 is 0. The molecule has 4 N–H and O–H groups in total. The van der Waals surface area contributed by atoms with Gasteiger partial charge in [0.05, 0.1) is 18.8 Å². The Balaban J connectivity index is 2.09. The molecule has 0 aliphatic heterocycles. The van der Waals surface area contributed by atoms with Gasteiger partial charge in [0, 0.05) is 0 Å². The summed E-state index contributed by atoms with van der Waals surface area (Å²) in [4.78, 5) is 16.4. The molecule has 20 heavy (non-hydrogen) atoms. The molecule has 0 aliphatic rings. The minimum absolute atomic E-state index is 0.192. The number of aromatic nitrogens is 4. The summed E-state index contributed by atoms with van der Waals surface area (Å²) in [6.45, 7) is 6.39. The molecule has 2 rings (SSSR count). The molecular weight excluding hydrogens is 262 g/mol. The molecular formula is C11H17N7O2. The molecule has 0 unspecified atom stereocenters. The molecule has 2 heterocycles. The number of hydrogen-bond acceptors (Lipinski definition) is 9. The number of hydrogen-bond donors (Lipinski definition) is 3. The number of anilines is 2. The number of nitrogens with one attached hydrogen (secondary N) is 2. The molecule has 0 saturated heterocycles. The Kier molecular flexibility index (Phi) is 4.31. The SMILES string of the molecule is CCOc1nc(NN)nc(NCc2nc(C)c(C)o2)n1. The van der Waals surface area contributed by atoms with Gasteiger partial charge in [-0.2, -0.15) is 15.0 Å². The Morgan fingerprint density at radius 2 is 1.90 bits per heavy atom. The van der Waals surface area contributed by atoms with Crippen LogP contribution < -0.4 is 21.3 Å². The average molecular weight is 279 g/mol. The molecule has 2 aromatic rings. The first-order valence-electron chi connectivity index (χ1n) is 6.14. The standard InChI is InChI=1S/C11H17N7O2/c1-4-19-11-16-9(15-10(17-11)18-12)13-5-8-14-6(2)7(3)20-8/h4-5,12H2,1-3H3,(H2,13,15,16,17,18). The van der Waals surface area contributed by atoms with Crippen LogP contribution in [0.3, 0.4) is 0 Å². The third-order valence-electron chi connectivity index (χ3n) is 2.49. The maximum absolute atomic E-state index is 5.45. The van der Waals surface area contributed by atoms with Gasteiger partial charge in [0.15, 0.2) is 0 Å². The van der Waals surface area contributed by atoms with Crippen LogP contribution in [-0.2, 0) is 6.54 Å². The zero-order valence-corrected chi connectivity index (χ0v) is 11.6. The summed E-state index contributed by atoms with van der Waals surface area (Å²) < 4.78 is 10.7. The van der Waals surface area contributed by atoms with Gasteiger partial charge in [-0.3, -0.25) is 5.43 Å². The van der Waals surface area contributed by atoms with E-state index in [4.69, 9.17) is 15.0 Å². The molecule has 0 radical (unpaired) electrons. The molecule has 0 saturated carbocycles. The van der Waals surface area contributed by atoms with Crippen molar-refractivity contribution in [1.29, 1.82) is 0 Å². The van der Waals surface area contributed by atoms with Gasteiger partial charge in [0.25, 0.3) is 0 Å². The fraction of sp³-hybridized carbons (Fsp3) is 0.455. The number of nitrogen functional groups attached to an aromatic ring is 1. The average Bonchev–Trinajstić information content (AvgIpc) is 2.76. The molecule has 0 bridgehead atoms. The Labute approximate surface area is 116 Å². The quantitative estimate of drug-likeness (QED) is 0.519. The molecule has 9 heteroatoms. The minimum Gasteiger partial charge on any atom is -0.464 e. The zero-order chi connectivity index (χ0) is 14.5. The zero-order valence-electron chi connectivity index (χ0n) is 11.6. The van der Waals surface area contributed by atoms with Gasteiger partial charge in [-0.05, 0) is 20.8 Å². The van der Waals surface area contributed by atoms with Crippen LogP contribution in [0.2, 0.25) is 0 Å². The number of nitrogens with zero attached hydrogens (tertiary/aromatic N) is 4. The molecule has 9 nitrogen and oxygen atoms in total. The van der Waals surface area contributed by atoms with E-state index < -0.39 is 0 Å². The molecule has 0 amide bonds. The van der Waals surface area contributed by atoms with E-state index in [9.17, 15) is 0 Å². The second kappa shape index (κ2) is 6.15. The lowest BCUT2D eigenvalue weighted by Crippen LogP contribution is -2.14. The maximum atomic E-state index is 5.45. The van der Waals surface area contributed by atoms with E-state index in [1.54, 1.807) is 0 Å². The minimum atomic E-state index is 0.192. The van der Waals surface area contributed by atoms with Gasteiger partial charge >= 0.3 is 6.01 Å². The summed E-state index contributed by atoms with van der Waals surface area (Å²) in [5.41, 5.74) is 3.21. The smallest absolute Gasteiger partial charge is 0.323 e. The highest BCUT2D eigenvalue weighted by Crippen LogP contribution is 2.13. The molecule has 0 aromatic carbocycles. The topological polar surface area (TPSA) is 124 Å². The number of aryl methyl sites for hydroxylation is 2. The maximum Gasteiger partial charge on any atom is 0.323 e. The first-order chi connectivity index (χ1) is 9.62. The van der Waals surface area contributed by atoms with E-state index in [0.29, 0.717) is 25.0 Å². The van der Waals surface area contributed by atoms with E-state index >= 15 is 0 Å². The summed E-state index contributed by atoms with van der Waals surface area (Å²) in [7, 11) is 0. The number of oxazole rings is 1. The van der Waals surface area contributed by atoms with Crippen LogP contribution in [0, 0.1) is 13.8 Å². The first kappa shape index (κ1) is 14.0. The molecule has 2 aromatic heterocycles. The van der Waals surface area contributed by atoms with E-state index in [2.05, 4.69) is 30.7 Å². The summed E-state index contributed by atoms with van der Waals surface area (Å²) in [6.07, 6.45) is 0. The number of ether oxygens (including phenoxy) is 1. The monoisotopic (exact) mass is 279 g/mol.